The summed E-state index contributed by atoms with van der Waals surface area (Å²) in [5, 5.41) is 9.80. The van der Waals surface area contributed by atoms with Crippen molar-refractivity contribution >= 4 is 11.6 Å². The second kappa shape index (κ2) is 8.56. The molecule has 1 aliphatic rings. The summed E-state index contributed by atoms with van der Waals surface area (Å²) in [6.07, 6.45) is 9.57. The summed E-state index contributed by atoms with van der Waals surface area (Å²) in [5.41, 5.74) is 2.12. The zero-order valence-electron chi connectivity index (χ0n) is 13.9. The number of hydrogen-bond donors (Lipinski definition) is 1. The highest BCUT2D eigenvalue weighted by atomic mass is 35.5. The Labute approximate surface area is 148 Å². The molecule has 128 valence electrons. The smallest absolute Gasteiger partial charge is 0.159 e. The van der Waals surface area contributed by atoms with Gasteiger partial charge in [-0.3, -0.25) is 4.90 Å². The zero-order valence-corrected chi connectivity index (χ0v) is 14.6. The molecule has 1 unspecified atom stereocenters. The monoisotopic (exact) mass is 345 g/mol. The Kier molecular flexibility index (Phi) is 6.18. The van der Waals surface area contributed by atoms with Crippen LogP contribution in [0.15, 0.2) is 36.7 Å². The van der Waals surface area contributed by atoms with Crippen LogP contribution < -0.4 is 0 Å². The minimum Gasteiger partial charge on any atom is -0.396 e. The van der Waals surface area contributed by atoms with Crippen LogP contribution >= 0.6 is 11.6 Å². The number of hydrogen-bond acceptors (Lipinski definition) is 4. The highest BCUT2D eigenvalue weighted by molar-refractivity contribution is 6.30. The molecule has 0 amide bonds. The van der Waals surface area contributed by atoms with Crippen molar-refractivity contribution < 1.29 is 5.11 Å². The van der Waals surface area contributed by atoms with Gasteiger partial charge in [-0.05, 0) is 56.5 Å². The van der Waals surface area contributed by atoms with Crippen molar-refractivity contribution in [2.75, 3.05) is 13.2 Å². The number of benzene rings is 1. The van der Waals surface area contributed by atoms with E-state index < -0.39 is 0 Å². The molecular formula is C19H24ClN3O. The molecule has 4 nitrogen and oxygen atoms in total. The number of aromatic nitrogens is 2. The topological polar surface area (TPSA) is 49.2 Å². The van der Waals surface area contributed by atoms with Gasteiger partial charge in [-0.15, -0.1) is 0 Å². The molecule has 1 aromatic carbocycles. The molecule has 0 aliphatic carbocycles. The largest absolute Gasteiger partial charge is 0.396 e. The number of piperidine rings is 1. The molecule has 24 heavy (non-hydrogen) atoms. The second-order valence-electron chi connectivity index (χ2n) is 6.41. The Balaban J connectivity index is 1.65. The molecule has 0 bridgehead atoms. The van der Waals surface area contributed by atoms with E-state index in [9.17, 15) is 0 Å². The fraction of sp³-hybridized carbons (Fsp3) is 0.474. The summed E-state index contributed by atoms with van der Waals surface area (Å²) >= 11 is 5.92. The van der Waals surface area contributed by atoms with E-state index in [0.29, 0.717) is 6.04 Å². The molecule has 0 radical (unpaired) electrons. The maximum atomic E-state index is 9.08. The number of aliphatic hydroxyl groups is 1. The quantitative estimate of drug-likeness (QED) is 0.862. The standard InChI is InChI=1S/C19H24ClN3O/c20-17-8-6-16(7-9-17)19-21-12-15(13-22-19)14-23-10-2-1-4-18(23)5-3-11-24/h6-9,12-13,18,24H,1-5,10-11,14H2. The summed E-state index contributed by atoms with van der Waals surface area (Å²) < 4.78 is 0. The van der Waals surface area contributed by atoms with Crippen molar-refractivity contribution in [2.24, 2.45) is 0 Å². The van der Waals surface area contributed by atoms with Crippen LogP contribution in [0.5, 0.6) is 0 Å². The van der Waals surface area contributed by atoms with Gasteiger partial charge in [0.15, 0.2) is 5.82 Å². The second-order valence-corrected chi connectivity index (χ2v) is 6.84. The summed E-state index contributed by atoms with van der Waals surface area (Å²) in [5.74, 6) is 0.728. The van der Waals surface area contributed by atoms with E-state index in [1.807, 2.05) is 36.7 Å². The predicted octanol–water partition coefficient (Wildman–Crippen LogP) is 3.92. The Hall–Kier alpha value is -1.49. The van der Waals surface area contributed by atoms with Crippen molar-refractivity contribution in [3.8, 4) is 11.4 Å². The average Bonchev–Trinajstić information content (AvgIpc) is 2.62. The van der Waals surface area contributed by atoms with Crippen molar-refractivity contribution in [1.29, 1.82) is 0 Å². The van der Waals surface area contributed by atoms with Crippen LogP contribution in [0, 0.1) is 0 Å². The van der Waals surface area contributed by atoms with Gasteiger partial charge in [0.05, 0.1) is 0 Å². The third kappa shape index (κ3) is 4.53. The summed E-state index contributed by atoms with van der Waals surface area (Å²) in [6, 6.07) is 8.16. The van der Waals surface area contributed by atoms with Gasteiger partial charge in [0, 0.05) is 47.7 Å². The highest BCUT2D eigenvalue weighted by Crippen LogP contribution is 2.23. The van der Waals surface area contributed by atoms with Crippen molar-refractivity contribution in [3.63, 3.8) is 0 Å². The van der Waals surface area contributed by atoms with Gasteiger partial charge in [-0.1, -0.05) is 18.0 Å². The van der Waals surface area contributed by atoms with E-state index in [4.69, 9.17) is 16.7 Å². The molecule has 1 N–H and O–H groups in total. The van der Waals surface area contributed by atoms with E-state index >= 15 is 0 Å². The third-order valence-corrected chi connectivity index (χ3v) is 4.89. The molecule has 1 atom stereocenters. The van der Waals surface area contributed by atoms with Crippen LogP contribution in [0.4, 0.5) is 0 Å². The lowest BCUT2D eigenvalue weighted by Crippen LogP contribution is -2.39. The third-order valence-electron chi connectivity index (χ3n) is 4.64. The summed E-state index contributed by atoms with van der Waals surface area (Å²) in [4.78, 5) is 11.5. The number of likely N-dealkylation sites (tertiary alicyclic amines) is 1. The fourth-order valence-electron chi connectivity index (χ4n) is 3.34. The Morgan fingerprint density at radius 1 is 1.12 bits per heavy atom. The fourth-order valence-corrected chi connectivity index (χ4v) is 3.47. The zero-order chi connectivity index (χ0) is 16.8. The van der Waals surface area contributed by atoms with E-state index in [2.05, 4.69) is 14.9 Å². The molecule has 1 saturated heterocycles. The van der Waals surface area contributed by atoms with Crippen molar-refractivity contribution in [3.05, 3.63) is 47.2 Å². The molecule has 5 heteroatoms. The maximum absolute atomic E-state index is 9.08. The highest BCUT2D eigenvalue weighted by Gasteiger charge is 2.22. The van der Waals surface area contributed by atoms with Crippen molar-refractivity contribution in [1.82, 2.24) is 14.9 Å². The number of aliphatic hydroxyl groups excluding tert-OH is 1. The van der Waals surface area contributed by atoms with E-state index in [1.54, 1.807) is 0 Å². The first-order valence-corrected chi connectivity index (χ1v) is 9.06. The van der Waals surface area contributed by atoms with Crippen LogP contribution in [0.3, 0.4) is 0 Å². The van der Waals surface area contributed by atoms with Gasteiger partial charge >= 0.3 is 0 Å². The first-order valence-electron chi connectivity index (χ1n) is 8.68. The molecule has 1 aliphatic heterocycles. The molecule has 1 fully saturated rings. The van der Waals surface area contributed by atoms with Crippen LogP contribution in [0.1, 0.15) is 37.7 Å². The first kappa shape index (κ1) is 17.3. The average molecular weight is 346 g/mol. The number of nitrogens with zero attached hydrogens (tertiary/aromatic N) is 3. The van der Waals surface area contributed by atoms with E-state index in [0.717, 1.165) is 47.9 Å². The van der Waals surface area contributed by atoms with E-state index in [1.165, 1.54) is 19.3 Å². The first-order chi connectivity index (χ1) is 11.8. The van der Waals surface area contributed by atoms with Crippen LogP contribution in [0.2, 0.25) is 5.02 Å². The molecule has 2 heterocycles. The van der Waals surface area contributed by atoms with Gasteiger partial charge < -0.3 is 5.11 Å². The van der Waals surface area contributed by atoms with Gasteiger partial charge in [-0.25, -0.2) is 9.97 Å². The minimum atomic E-state index is 0.281. The predicted molar refractivity (Wildman–Crippen MR) is 96.8 cm³/mol. The number of halogens is 1. The Morgan fingerprint density at radius 2 is 1.88 bits per heavy atom. The van der Waals surface area contributed by atoms with Gasteiger partial charge in [0.2, 0.25) is 0 Å². The molecule has 0 saturated carbocycles. The molecule has 0 spiro atoms. The Morgan fingerprint density at radius 3 is 2.58 bits per heavy atom. The van der Waals surface area contributed by atoms with Crippen LogP contribution in [-0.2, 0) is 6.54 Å². The van der Waals surface area contributed by atoms with Gasteiger partial charge in [0.1, 0.15) is 0 Å². The lowest BCUT2D eigenvalue weighted by atomic mass is 9.97. The normalized spacial score (nSPS) is 18.7. The van der Waals surface area contributed by atoms with Crippen LogP contribution in [-0.4, -0.2) is 39.2 Å². The van der Waals surface area contributed by atoms with Crippen LogP contribution in [0.25, 0.3) is 11.4 Å². The number of rotatable bonds is 6. The molecule has 2 aromatic rings. The van der Waals surface area contributed by atoms with E-state index in [-0.39, 0.29) is 6.61 Å². The Bertz CT molecular complexity index is 630. The minimum absolute atomic E-state index is 0.281. The molecular weight excluding hydrogens is 322 g/mol. The van der Waals surface area contributed by atoms with Gasteiger partial charge in [0.25, 0.3) is 0 Å². The van der Waals surface area contributed by atoms with Gasteiger partial charge in [-0.2, -0.15) is 0 Å². The lowest BCUT2D eigenvalue weighted by molar-refractivity contribution is 0.123. The molecule has 3 rings (SSSR count). The summed E-state index contributed by atoms with van der Waals surface area (Å²) in [6.45, 7) is 2.29. The van der Waals surface area contributed by atoms with Crippen molar-refractivity contribution in [2.45, 2.75) is 44.7 Å². The lowest BCUT2D eigenvalue weighted by Gasteiger charge is -2.35. The molecule has 1 aromatic heterocycles. The SMILES string of the molecule is OCCCC1CCCCN1Cc1cnc(-c2ccc(Cl)cc2)nc1. The maximum Gasteiger partial charge on any atom is 0.159 e. The summed E-state index contributed by atoms with van der Waals surface area (Å²) in [7, 11) is 0.